The molecule has 0 amide bonds. The van der Waals surface area contributed by atoms with Crippen molar-refractivity contribution in [2.75, 3.05) is 24.5 Å². The van der Waals surface area contributed by atoms with E-state index < -0.39 is 0 Å². The van der Waals surface area contributed by atoms with Gasteiger partial charge in [-0.2, -0.15) is 0 Å². The molecule has 1 aromatic rings. The molecule has 2 rings (SSSR count). The average Bonchev–Trinajstić information content (AvgIpc) is 2.80. The molecule has 1 aliphatic heterocycles. The van der Waals surface area contributed by atoms with Crippen molar-refractivity contribution in [2.45, 2.75) is 53.0 Å². The Hall–Kier alpha value is -1.09. The molecule has 0 radical (unpaired) electrons. The van der Waals surface area contributed by atoms with E-state index in [4.69, 9.17) is 0 Å². The quantitative estimate of drug-likeness (QED) is 0.853. The van der Waals surface area contributed by atoms with Crippen LogP contribution in [0.4, 0.5) is 10.1 Å². The van der Waals surface area contributed by atoms with Crippen molar-refractivity contribution in [3.05, 3.63) is 29.6 Å². The van der Waals surface area contributed by atoms with Crippen LogP contribution in [0.25, 0.3) is 0 Å². The molecule has 0 fully saturated rings. The van der Waals surface area contributed by atoms with Gasteiger partial charge in [-0.15, -0.1) is 0 Å². The maximum Gasteiger partial charge on any atom is 0.125 e. The van der Waals surface area contributed by atoms with Crippen LogP contribution in [0.3, 0.4) is 0 Å². The van der Waals surface area contributed by atoms with E-state index in [0.29, 0.717) is 6.04 Å². The minimum Gasteiger partial charge on any atom is -0.371 e. The molecular formula is C18H29FN2. The fraction of sp³-hybridized carbons (Fsp3) is 0.667. The highest BCUT2D eigenvalue weighted by Gasteiger charge is 2.26. The Morgan fingerprint density at radius 3 is 2.76 bits per heavy atom. The SMILES string of the molecule is CCCNC(CCN1CCc2ccc(F)cc21)C(C)(C)C. The van der Waals surface area contributed by atoms with Crippen LogP contribution in [0.15, 0.2) is 18.2 Å². The van der Waals surface area contributed by atoms with Gasteiger partial charge in [0.15, 0.2) is 0 Å². The molecule has 2 nitrogen and oxygen atoms in total. The predicted molar refractivity (Wildman–Crippen MR) is 88.5 cm³/mol. The lowest BCUT2D eigenvalue weighted by Crippen LogP contribution is -2.43. The topological polar surface area (TPSA) is 15.3 Å². The van der Waals surface area contributed by atoms with Crippen molar-refractivity contribution < 1.29 is 4.39 Å². The second-order valence-corrected chi connectivity index (χ2v) is 7.17. The third kappa shape index (κ3) is 4.19. The van der Waals surface area contributed by atoms with E-state index in [1.54, 1.807) is 12.1 Å². The molecule has 1 aliphatic rings. The Bertz CT molecular complexity index is 465. The highest BCUT2D eigenvalue weighted by Crippen LogP contribution is 2.30. The molecule has 0 aliphatic carbocycles. The highest BCUT2D eigenvalue weighted by molar-refractivity contribution is 5.58. The van der Waals surface area contributed by atoms with Gasteiger partial charge in [-0.25, -0.2) is 4.39 Å². The summed E-state index contributed by atoms with van der Waals surface area (Å²) in [5.74, 6) is -0.128. The lowest BCUT2D eigenvalue weighted by atomic mass is 9.84. The van der Waals surface area contributed by atoms with Gasteiger partial charge in [-0.05, 0) is 48.9 Å². The Morgan fingerprint density at radius 2 is 2.10 bits per heavy atom. The monoisotopic (exact) mass is 292 g/mol. The zero-order chi connectivity index (χ0) is 15.5. The van der Waals surface area contributed by atoms with Crippen molar-refractivity contribution in [3.8, 4) is 0 Å². The number of hydrogen-bond acceptors (Lipinski definition) is 2. The summed E-state index contributed by atoms with van der Waals surface area (Å²) in [5, 5.41) is 3.67. The number of nitrogens with zero attached hydrogens (tertiary/aromatic N) is 1. The number of anilines is 1. The van der Waals surface area contributed by atoms with Crippen molar-refractivity contribution in [3.63, 3.8) is 0 Å². The highest BCUT2D eigenvalue weighted by atomic mass is 19.1. The molecular weight excluding hydrogens is 263 g/mol. The lowest BCUT2D eigenvalue weighted by Gasteiger charge is -2.33. The molecule has 0 bridgehead atoms. The molecule has 0 saturated heterocycles. The third-order valence-corrected chi connectivity index (χ3v) is 4.41. The molecule has 0 saturated carbocycles. The third-order valence-electron chi connectivity index (χ3n) is 4.41. The Morgan fingerprint density at radius 1 is 1.33 bits per heavy atom. The molecule has 21 heavy (non-hydrogen) atoms. The first kappa shape index (κ1) is 16.3. The maximum absolute atomic E-state index is 13.5. The summed E-state index contributed by atoms with van der Waals surface area (Å²) in [6, 6.07) is 5.69. The normalized spacial score (nSPS) is 16.1. The standard InChI is InChI=1S/C18H29FN2/c1-5-10-20-17(18(2,3)4)9-12-21-11-8-14-6-7-15(19)13-16(14)21/h6-7,13,17,20H,5,8-12H2,1-4H3. The molecule has 1 atom stereocenters. The van der Waals surface area contributed by atoms with Crippen LogP contribution in [-0.4, -0.2) is 25.7 Å². The fourth-order valence-electron chi connectivity index (χ4n) is 3.10. The van der Waals surface area contributed by atoms with E-state index in [1.807, 2.05) is 6.07 Å². The largest absolute Gasteiger partial charge is 0.371 e. The molecule has 1 aromatic carbocycles. The molecule has 1 unspecified atom stereocenters. The van der Waals surface area contributed by atoms with Crippen molar-refractivity contribution in [1.82, 2.24) is 5.32 Å². The summed E-state index contributed by atoms with van der Waals surface area (Å²) in [6.07, 6.45) is 3.29. The van der Waals surface area contributed by atoms with Gasteiger partial charge in [0, 0.05) is 24.8 Å². The number of benzene rings is 1. The zero-order valence-corrected chi connectivity index (χ0v) is 13.9. The van der Waals surface area contributed by atoms with E-state index in [-0.39, 0.29) is 11.2 Å². The van der Waals surface area contributed by atoms with Gasteiger partial charge in [0.25, 0.3) is 0 Å². The summed E-state index contributed by atoms with van der Waals surface area (Å²) in [4.78, 5) is 2.34. The van der Waals surface area contributed by atoms with Crippen LogP contribution in [0, 0.1) is 11.2 Å². The van der Waals surface area contributed by atoms with Crippen LogP contribution >= 0.6 is 0 Å². The van der Waals surface area contributed by atoms with Gasteiger partial charge in [0.1, 0.15) is 5.82 Å². The van der Waals surface area contributed by atoms with Gasteiger partial charge >= 0.3 is 0 Å². The second-order valence-electron chi connectivity index (χ2n) is 7.17. The van der Waals surface area contributed by atoms with Gasteiger partial charge in [-0.3, -0.25) is 0 Å². The van der Waals surface area contributed by atoms with Gasteiger partial charge in [0.2, 0.25) is 0 Å². The fourth-order valence-corrected chi connectivity index (χ4v) is 3.10. The number of fused-ring (bicyclic) bond motifs is 1. The molecule has 1 heterocycles. The van der Waals surface area contributed by atoms with E-state index >= 15 is 0 Å². The first-order valence-electron chi connectivity index (χ1n) is 8.18. The molecule has 0 spiro atoms. The lowest BCUT2D eigenvalue weighted by molar-refractivity contribution is 0.257. The number of hydrogen-bond donors (Lipinski definition) is 1. The van der Waals surface area contributed by atoms with Gasteiger partial charge < -0.3 is 10.2 Å². The summed E-state index contributed by atoms with van der Waals surface area (Å²) in [6.45, 7) is 12.1. The number of halogens is 1. The van der Waals surface area contributed by atoms with Gasteiger partial charge in [0.05, 0.1) is 0 Å². The van der Waals surface area contributed by atoms with E-state index in [9.17, 15) is 4.39 Å². The number of nitrogens with one attached hydrogen (secondary N) is 1. The Kier molecular flexibility index (Phi) is 5.26. The van der Waals surface area contributed by atoms with Crippen molar-refractivity contribution in [2.24, 2.45) is 5.41 Å². The van der Waals surface area contributed by atoms with E-state index in [1.165, 1.54) is 5.56 Å². The molecule has 0 aromatic heterocycles. The zero-order valence-electron chi connectivity index (χ0n) is 13.9. The summed E-state index contributed by atoms with van der Waals surface area (Å²) >= 11 is 0. The molecule has 118 valence electrons. The minimum absolute atomic E-state index is 0.128. The number of rotatable bonds is 6. The summed E-state index contributed by atoms with van der Waals surface area (Å²) in [7, 11) is 0. The van der Waals surface area contributed by atoms with Crippen molar-refractivity contribution >= 4 is 5.69 Å². The van der Waals surface area contributed by atoms with Crippen LogP contribution in [0.1, 0.15) is 46.1 Å². The van der Waals surface area contributed by atoms with Crippen LogP contribution in [0.5, 0.6) is 0 Å². The van der Waals surface area contributed by atoms with E-state index in [0.717, 1.165) is 44.6 Å². The van der Waals surface area contributed by atoms with Crippen LogP contribution in [0.2, 0.25) is 0 Å². The average molecular weight is 292 g/mol. The van der Waals surface area contributed by atoms with E-state index in [2.05, 4.69) is 37.9 Å². The van der Waals surface area contributed by atoms with Crippen molar-refractivity contribution in [1.29, 1.82) is 0 Å². The molecule has 1 N–H and O–H groups in total. The van der Waals surface area contributed by atoms with Crippen LogP contribution < -0.4 is 10.2 Å². The Labute approximate surface area is 128 Å². The molecule has 3 heteroatoms. The smallest absolute Gasteiger partial charge is 0.125 e. The first-order chi connectivity index (χ1) is 9.91. The first-order valence-corrected chi connectivity index (χ1v) is 8.18. The van der Waals surface area contributed by atoms with Gasteiger partial charge in [-0.1, -0.05) is 33.8 Å². The predicted octanol–water partition coefficient (Wildman–Crippen LogP) is 3.99. The second kappa shape index (κ2) is 6.78. The Balaban J connectivity index is 1.98. The van der Waals surface area contributed by atoms with Crippen LogP contribution in [-0.2, 0) is 6.42 Å². The minimum atomic E-state index is -0.128. The summed E-state index contributed by atoms with van der Waals surface area (Å²) < 4.78 is 13.5. The maximum atomic E-state index is 13.5. The summed E-state index contributed by atoms with van der Waals surface area (Å²) in [5.41, 5.74) is 2.63.